The molecular weight excluding hydrogens is 240 g/mol. The van der Waals surface area contributed by atoms with Crippen molar-refractivity contribution in [2.24, 2.45) is 0 Å². The number of nitrogens with zero attached hydrogens (tertiary/aromatic N) is 2. The number of rotatable bonds is 4. The minimum atomic E-state index is -0.653. The third-order valence-corrected chi connectivity index (χ3v) is 2.07. The Morgan fingerprint density at radius 2 is 2.11 bits per heavy atom. The van der Waals surface area contributed by atoms with Crippen LogP contribution in [0.2, 0.25) is 0 Å². The van der Waals surface area contributed by atoms with Crippen molar-refractivity contribution in [3.63, 3.8) is 0 Å². The van der Waals surface area contributed by atoms with E-state index in [9.17, 15) is 8.78 Å². The van der Waals surface area contributed by atoms with Gasteiger partial charge in [-0.1, -0.05) is 0 Å². The topological polar surface area (TPSA) is 47.0 Å². The van der Waals surface area contributed by atoms with Gasteiger partial charge < -0.3 is 10.1 Å². The normalized spacial score (nSPS) is 10.2. The lowest BCUT2D eigenvalue weighted by Crippen LogP contribution is -2.02. The van der Waals surface area contributed by atoms with E-state index in [1.165, 1.54) is 12.3 Å². The molecule has 0 spiro atoms. The molecule has 0 saturated heterocycles. The molecule has 0 bridgehead atoms. The molecule has 1 N–H and O–H groups in total. The number of ether oxygens (including phenoxy) is 1. The van der Waals surface area contributed by atoms with Crippen LogP contribution < -0.4 is 10.1 Å². The van der Waals surface area contributed by atoms with Gasteiger partial charge in [0.05, 0.1) is 0 Å². The summed E-state index contributed by atoms with van der Waals surface area (Å²) < 4.78 is 31.5. The van der Waals surface area contributed by atoms with Gasteiger partial charge in [-0.3, -0.25) is 0 Å². The Hall–Kier alpha value is -2.24. The van der Waals surface area contributed by atoms with Crippen molar-refractivity contribution in [3.8, 4) is 11.6 Å². The Labute approximate surface area is 103 Å². The molecule has 0 unspecified atom stereocenters. The van der Waals surface area contributed by atoms with Crippen LogP contribution in [0.25, 0.3) is 0 Å². The van der Waals surface area contributed by atoms with Gasteiger partial charge in [0.25, 0.3) is 0 Å². The fourth-order valence-electron chi connectivity index (χ4n) is 1.31. The van der Waals surface area contributed by atoms with E-state index >= 15 is 0 Å². The standard InChI is InChI=1S/C12H11F2N3O/c1-2-15-12-16-6-5-11(17-12)18-10-7-8(13)3-4-9(10)14/h3-7H,2H2,1H3,(H,15,16,17). The van der Waals surface area contributed by atoms with E-state index < -0.39 is 11.6 Å². The van der Waals surface area contributed by atoms with Crippen LogP contribution in [0.15, 0.2) is 30.5 Å². The average Bonchev–Trinajstić information content (AvgIpc) is 2.35. The highest BCUT2D eigenvalue weighted by molar-refractivity contribution is 5.32. The third kappa shape index (κ3) is 2.91. The number of nitrogens with one attached hydrogen (secondary N) is 1. The summed E-state index contributed by atoms with van der Waals surface area (Å²) in [6.07, 6.45) is 1.47. The van der Waals surface area contributed by atoms with Crippen molar-refractivity contribution in [1.82, 2.24) is 9.97 Å². The molecule has 0 aliphatic carbocycles. The Morgan fingerprint density at radius 1 is 1.28 bits per heavy atom. The largest absolute Gasteiger partial charge is 0.436 e. The van der Waals surface area contributed by atoms with E-state index in [1.807, 2.05) is 6.92 Å². The monoisotopic (exact) mass is 251 g/mol. The fourth-order valence-corrected chi connectivity index (χ4v) is 1.31. The van der Waals surface area contributed by atoms with Gasteiger partial charge in [-0.05, 0) is 19.1 Å². The summed E-state index contributed by atoms with van der Waals surface area (Å²) >= 11 is 0. The highest BCUT2D eigenvalue weighted by Gasteiger charge is 2.07. The van der Waals surface area contributed by atoms with Gasteiger partial charge in [0.1, 0.15) is 5.82 Å². The maximum atomic E-state index is 13.4. The van der Waals surface area contributed by atoms with Crippen molar-refractivity contribution in [3.05, 3.63) is 42.1 Å². The Kier molecular flexibility index (Phi) is 3.66. The van der Waals surface area contributed by atoms with Crippen LogP contribution in [-0.4, -0.2) is 16.5 Å². The number of hydrogen-bond donors (Lipinski definition) is 1. The second-order valence-electron chi connectivity index (χ2n) is 3.43. The molecule has 94 valence electrons. The van der Waals surface area contributed by atoms with E-state index in [0.717, 1.165) is 18.2 Å². The highest BCUT2D eigenvalue weighted by Crippen LogP contribution is 2.23. The quantitative estimate of drug-likeness (QED) is 0.907. The lowest BCUT2D eigenvalue weighted by molar-refractivity contribution is 0.422. The third-order valence-electron chi connectivity index (χ3n) is 2.07. The molecule has 2 aromatic rings. The Bertz CT molecular complexity index is 549. The zero-order chi connectivity index (χ0) is 13.0. The predicted octanol–water partition coefficient (Wildman–Crippen LogP) is 2.98. The molecule has 0 amide bonds. The number of anilines is 1. The summed E-state index contributed by atoms with van der Waals surface area (Å²) in [5.74, 6) is -0.930. The summed E-state index contributed by atoms with van der Waals surface area (Å²) in [7, 11) is 0. The lowest BCUT2D eigenvalue weighted by Gasteiger charge is -2.07. The molecule has 4 nitrogen and oxygen atoms in total. The maximum absolute atomic E-state index is 13.4. The first-order valence-corrected chi connectivity index (χ1v) is 5.39. The van der Waals surface area contributed by atoms with E-state index in [1.54, 1.807) is 0 Å². The molecule has 2 rings (SSSR count). The van der Waals surface area contributed by atoms with Crippen LogP contribution >= 0.6 is 0 Å². The van der Waals surface area contributed by atoms with E-state index in [0.29, 0.717) is 12.5 Å². The van der Waals surface area contributed by atoms with Crippen LogP contribution in [-0.2, 0) is 0 Å². The number of benzene rings is 1. The SMILES string of the molecule is CCNc1nccc(Oc2cc(F)ccc2F)n1. The predicted molar refractivity (Wildman–Crippen MR) is 62.6 cm³/mol. The Morgan fingerprint density at radius 3 is 2.89 bits per heavy atom. The van der Waals surface area contributed by atoms with Crippen LogP contribution in [0.3, 0.4) is 0 Å². The Balaban J connectivity index is 2.22. The van der Waals surface area contributed by atoms with E-state index in [2.05, 4.69) is 15.3 Å². The zero-order valence-corrected chi connectivity index (χ0v) is 9.65. The van der Waals surface area contributed by atoms with Gasteiger partial charge in [-0.25, -0.2) is 13.8 Å². The molecule has 6 heteroatoms. The number of hydrogen-bond acceptors (Lipinski definition) is 4. The molecule has 0 saturated carbocycles. The van der Waals surface area contributed by atoms with Crippen molar-refractivity contribution >= 4 is 5.95 Å². The van der Waals surface area contributed by atoms with Crippen molar-refractivity contribution in [2.45, 2.75) is 6.92 Å². The first-order chi connectivity index (χ1) is 8.69. The molecule has 18 heavy (non-hydrogen) atoms. The molecule has 0 atom stereocenters. The molecule has 0 aliphatic rings. The first-order valence-electron chi connectivity index (χ1n) is 5.39. The summed E-state index contributed by atoms with van der Waals surface area (Å²) in [5, 5.41) is 2.89. The van der Waals surface area contributed by atoms with E-state index in [-0.39, 0.29) is 11.6 Å². The summed E-state index contributed by atoms with van der Waals surface area (Å²) in [6.45, 7) is 2.54. The first kappa shape index (κ1) is 12.2. The number of aromatic nitrogens is 2. The van der Waals surface area contributed by atoms with Crippen LogP contribution in [0.4, 0.5) is 14.7 Å². The maximum Gasteiger partial charge on any atom is 0.225 e. The average molecular weight is 251 g/mol. The molecule has 1 aromatic carbocycles. The van der Waals surface area contributed by atoms with Gasteiger partial charge in [0, 0.05) is 24.9 Å². The minimum absolute atomic E-state index is 0.144. The van der Waals surface area contributed by atoms with Gasteiger partial charge >= 0.3 is 0 Å². The van der Waals surface area contributed by atoms with Crippen molar-refractivity contribution < 1.29 is 13.5 Å². The molecule has 0 fully saturated rings. The summed E-state index contributed by atoms with van der Waals surface area (Å²) in [5.41, 5.74) is 0. The van der Waals surface area contributed by atoms with Crippen LogP contribution in [0.5, 0.6) is 11.6 Å². The summed E-state index contributed by atoms with van der Waals surface area (Å²) in [4.78, 5) is 7.94. The highest BCUT2D eigenvalue weighted by atomic mass is 19.1. The van der Waals surface area contributed by atoms with Crippen LogP contribution in [0.1, 0.15) is 6.92 Å². The van der Waals surface area contributed by atoms with Crippen molar-refractivity contribution in [2.75, 3.05) is 11.9 Å². The smallest absolute Gasteiger partial charge is 0.225 e. The molecule has 0 radical (unpaired) electrons. The molecule has 0 aliphatic heterocycles. The van der Waals surface area contributed by atoms with Gasteiger partial charge in [0.15, 0.2) is 11.6 Å². The molecule has 1 heterocycles. The fraction of sp³-hybridized carbons (Fsp3) is 0.167. The summed E-state index contributed by atoms with van der Waals surface area (Å²) in [6, 6.07) is 4.44. The molecular formula is C12H11F2N3O. The van der Waals surface area contributed by atoms with Gasteiger partial charge in [0.2, 0.25) is 11.8 Å². The van der Waals surface area contributed by atoms with E-state index in [4.69, 9.17) is 4.74 Å². The second kappa shape index (κ2) is 5.39. The van der Waals surface area contributed by atoms with Gasteiger partial charge in [-0.15, -0.1) is 0 Å². The zero-order valence-electron chi connectivity index (χ0n) is 9.65. The molecule has 1 aromatic heterocycles. The van der Waals surface area contributed by atoms with Crippen LogP contribution in [0, 0.1) is 11.6 Å². The second-order valence-corrected chi connectivity index (χ2v) is 3.43. The minimum Gasteiger partial charge on any atom is -0.436 e. The lowest BCUT2D eigenvalue weighted by atomic mass is 10.3. The van der Waals surface area contributed by atoms with Crippen molar-refractivity contribution in [1.29, 1.82) is 0 Å². The number of halogens is 2. The van der Waals surface area contributed by atoms with Gasteiger partial charge in [-0.2, -0.15) is 4.98 Å².